The molecule has 0 amide bonds. The molecule has 0 N–H and O–H groups in total. The van der Waals surface area contributed by atoms with E-state index in [1.165, 1.54) is 6.92 Å². The molecule has 0 radical (unpaired) electrons. The molecule has 1 aliphatic carbocycles. The SMILES string of the molecule is CCOCCCC1(F)C(F)(F)C(F)(F)C(F)(F)C(F)(F)C1(F)F. The molecule has 0 bridgehead atoms. The van der Waals surface area contributed by atoms with Crippen LogP contribution in [0.2, 0.25) is 0 Å². The monoisotopic (exact) mass is 368 g/mol. The van der Waals surface area contributed by atoms with Gasteiger partial charge in [0.25, 0.3) is 0 Å². The van der Waals surface area contributed by atoms with Crippen molar-refractivity contribution in [3.8, 4) is 0 Å². The molecule has 1 rings (SSSR count). The summed E-state index contributed by atoms with van der Waals surface area (Å²) >= 11 is 0. The topological polar surface area (TPSA) is 9.23 Å². The molecule has 1 aliphatic rings. The van der Waals surface area contributed by atoms with Crippen LogP contribution in [-0.2, 0) is 4.74 Å². The number of halogens is 11. The third kappa shape index (κ3) is 2.15. The maximum absolute atomic E-state index is 14.0. The summed E-state index contributed by atoms with van der Waals surface area (Å²) in [5, 5.41) is 0. The third-order valence-electron chi connectivity index (χ3n) is 3.59. The van der Waals surface area contributed by atoms with Crippen molar-refractivity contribution in [2.24, 2.45) is 0 Å². The molecule has 1 saturated carbocycles. The van der Waals surface area contributed by atoms with Crippen molar-refractivity contribution in [3.63, 3.8) is 0 Å². The molecule has 138 valence electrons. The van der Waals surface area contributed by atoms with E-state index in [0.717, 1.165) is 0 Å². The normalized spacial score (nSPS) is 29.2. The highest BCUT2D eigenvalue weighted by Crippen LogP contribution is 2.70. The predicted octanol–water partition coefficient (Wildman–Crippen LogP) is 4.70. The second-order valence-electron chi connectivity index (χ2n) is 4.97. The fraction of sp³-hybridized carbons (Fsp3) is 1.00. The van der Waals surface area contributed by atoms with Crippen LogP contribution < -0.4 is 0 Å². The van der Waals surface area contributed by atoms with E-state index < -0.39 is 54.7 Å². The molecule has 0 aliphatic heterocycles. The molecule has 0 saturated heterocycles. The van der Waals surface area contributed by atoms with Gasteiger partial charge in [0.15, 0.2) is 0 Å². The standard InChI is InChI=1S/C11H11F11O/c1-2-23-5-3-4-6(12)7(13,14)9(17,18)11(21,22)10(19,20)8(6,15)16/h2-5H2,1H3. The second kappa shape index (κ2) is 5.35. The average Bonchev–Trinajstić information content (AvgIpc) is 2.41. The second-order valence-corrected chi connectivity index (χ2v) is 4.97. The van der Waals surface area contributed by atoms with Crippen LogP contribution in [-0.4, -0.2) is 48.5 Å². The van der Waals surface area contributed by atoms with Gasteiger partial charge in [-0.05, 0) is 19.8 Å². The van der Waals surface area contributed by atoms with Crippen LogP contribution in [0, 0.1) is 0 Å². The van der Waals surface area contributed by atoms with Gasteiger partial charge in [0.1, 0.15) is 0 Å². The number of hydrogen-bond donors (Lipinski definition) is 0. The molecule has 12 heteroatoms. The first kappa shape index (κ1) is 20.2. The summed E-state index contributed by atoms with van der Waals surface area (Å²) in [6.45, 7) is 0.580. The van der Waals surface area contributed by atoms with Crippen molar-refractivity contribution >= 4 is 0 Å². The fourth-order valence-electron chi connectivity index (χ4n) is 2.16. The van der Waals surface area contributed by atoms with Crippen LogP contribution in [0.5, 0.6) is 0 Å². The van der Waals surface area contributed by atoms with Crippen LogP contribution in [0.1, 0.15) is 19.8 Å². The molecule has 0 aromatic rings. The predicted molar refractivity (Wildman–Crippen MR) is 54.3 cm³/mol. The lowest BCUT2D eigenvalue weighted by Gasteiger charge is -2.52. The lowest BCUT2D eigenvalue weighted by molar-refractivity contribution is -0.485. The largest absolute Gasteiger partial charge is 0.384 e. The Balaban J connectivity index is 3.43. The van der Waals surface area contributed by atoms with E-state index in [9.17, 15) is 48.3 Å². The van der Waals surface area contributed by atoms with Crippen molar-refractivity contribution in [3.05, 3.63) is 0 Å². The van der Waals surface area contributed by atoms with Crippen molar-refractivity contribution in [2.75, 3.05) is 13.2 Å². The Kier molecular flexibility index (Phi) is 4.70. The van der Waals surface area contributed by atoms with Gasteiger partial charge < -0.3 is 4.74 Å². The van der Waals surface area contributed by atoms with Gasteiger partial charge in [-0.3, -0.25) is 0 Å². The molecule has 1 fully saturated rings. The van der Waals surface area contributed by atoms with Gasteiger partial charge in [-0.15, -0.1) is 0 Å². The van der Waals surface area contributed by atoms with E-state index in [1.807, 2.05) is 0 Å². The Bertz CT molecular complexity index is 415. The Morgan fingerprint density at radius 2 is 0.957 bits per heavy atom. The lowest BCUT2D eigenvalue weighted by atomic mass is 9.70. The zero-order chi connectivity index (χ0) is 18.5. The summed E-state index contributed by atoms with van der Waals surface area (Å²) in [7, 11) is 0. The summed E-state index contributed by atoms with van der Waals surface area (Å²) in [6.07, 6.45) is -3.32. The minimum atomic E-state index is -7.15. The van der Waals surface area contributed by atoms with E-state index >= 15 is 0 Å². The van der Waals surface area contributed by atoms with Crippen molar-refractivity contribution < 1.29 is 53.0 Å². The van der Waals surface area contributed by atoms with Gasteiger partial charge in [-0.2, -0.15) is 43.9 Å². The van der Waals surface area contributed by atoms with Crippen LogP contribution in [0.15, 0.2) is 0 Å². The number of ether oxygens (including phenoxy) is 1. The van der Waals surface area contributed by atoms with E-state index in [2.05, 4.69) is 4.74 Å². The molecular weight excluding hydrogens is 357 g/mol. The highest BCUT2D eigenvalue weighted by molar-refractivity contribution is 5.26. The Hall–Kier alpha value is -0.810. The quantitative estimate of drug-likeness (QED) is 0.505. The number of alkyl halides is 11. The van der Waals surface area contributed by atoms with Crippen molar-refractivity contribution in [1.29, 1.82) is 0 Å². The molecule has 0 aromatic heterocycles. The van der Waals surface area contributed by atoms with Gasteiger partial charge in [0.05, 0.1) is 0 Å². The van der Waals surface area contributed by atoms with E-state index in [-0.39, 0.29) is 6.61 Å². The third-order valence-corrected chi connectivity index (χ3v) is 3.59. The maximum Gasteiger partial charge on any atom is 0.384 e. The van der Waals surface area contributed by atoms with Gasteiger partial charge >= 0.3 is 29.6 Å². The number of hydrogen-bond acceptors (Lipinski definition) is 1. The highest BCUT2D eigenvalue weighted by Gasteiger charge is 3.00. The van der Waals surface area contributed by atoms with Crippen LogP contribution >= 0.6 is 0 Å². The van der Waals surface area contributed by atoms with E-state index in [4.69, 9.17) is 0 Å². The first-order valence-corrected chi connectivity index (χ1v) is 6.22. The minimum absolute atomic E-state index is 0.0868. The molecule has 1 nitrogen and oxygen atoms in total. The molecule has 0 atom stereocenters. The summed E-state index contributed by atoms with van der Waals surface area (Å²) in [6, 6.07) is 0. The Morgan fingerprint density at radius 1 is 0.609 bits per heavy atom. The van der Waals surface area contributed by atoms with Crippen molar-refractivity contribution in [2.45, 2.75) is 55.0 Å². The van der Waals surface area contributed by atoms with Crippen LogP contribution in [0.3, 0.4) is 0 Å². The average molecular weight is 368 g/mol. The van der Waals surface area contributed by atoms with Gasteiger partial charge in [0.2, 0.25) is 5.67 Å². The van der Waals surface area contributed by atoms with Crippen LogP contribution in [0.4, 0.5) is 48.3 Å². The number of rotatable bonds is 5. The Labute approximate surface area is 122 Å². The zero-order valence-corrected chi connectivity index (χ0v) is 11.4. The first-order valence-electron chi connectivity index (χ1n) is 6.22. The molecule has 0 heterocycles. The van der Waals surface area contributed by atoms with Gasteiger partial charge in [0, 0.05) is 13.2 Å². The summed E-state index contributed by atoms with van der Waals surface area (Å²) in [4.78, 5) is 0. The minimum Gasteiger partial charge on any atom is -0.382 e. The summed E-state index contributed by atoms with van der Waals surface area (Å²) in [5.41, 5.74) is -5.88. The van der Waals surface area contributed by atoms with Gasteiger partial charge in [-0.25, -0.2) is 4.39 Å². The Morgan fingerprint density at radius 3 is 1.30 bits per heavy atom. The maximum atomic E-state index is 14.0. The highest BCUT2D eigenvalue weighted by atomic mass is 19.4. The smallest absolute Gasteiger partial charge is 0.382 e. The summed E-state index contributed by atoms with van der Waals surface area (Å²) in [5.74, 6) is -34.7. The van der Waals surface area contributed by atoms with Crippen molar-refractivity contribution in [1.82, 2.24) is 0 Å². The first-order chi connectivity index (χ1) is 10.1. The molecule has 23 heavy (non-hydrogen) atoms. The fourth-order valence-corrected chi connectivity index (χ4v) is 2.16. The summed E-state index contributed by atoms with van der Waals surface area (Å²) < 4.78 is 150. The zero-order valence-electron chi connectivity index (χ0n) is 11.4. The molecular formula is C11H11F11O. The molecule has 0 spiro atoms. The molecule has 0 aromatic carbocycles. The van der Waals surface area contributed by atoms with E-state index in [0.29, 0.717) is 0 Å². The molecule has 0 unspecified atom stereocenters. The van der Waals surface area contributed by atoms with Crippen LogP contribution in [0.25, 0.3) is 0 Å². The van der Waals surface area contributed by atoms with E-state index in [1.54, 1.807) is 0 Å². The lowest BCUT2D eigenvalue weighted by Crippen LogP contribution is -2.83. The van der Waals surface area contributed by atoms with Gasteiger partial charge in [-0.1, -0.05) is 0 Å².